The van der Waals surface area contributed by atoms with Crippen LogP contribution in [0.1, 0.15) is 12.5 Å². The Hall–Kier alpha value is -3.02. The lowest BCUT2D eigenvalue weighted by atomic mass is 10.2. The number of nitrogens with zero attached hydrogens (tertiary/aromatic N) is 1. The van der Waals surface area contributed by atoms with Crippen LogP contribution in [-0.4, -0.2) is 30.4 Å². The van der Waals surface area contributed by atoms with E-state index in [9.17, 15) is 9.90 Å². The molecule has 2 rings (SSSR count). The average molecular weight is 314 g/mol. The molecular weight excluding hydrogens is 296 g/mol. The van der Waals surface area contributed by atoms with Gasteiger partial charge in [0.25, 0.3) is 5.91 Å². The number of ether oxygens (including phenoxy) is 2. The number of amides is 1. The molecule has 0 fully saturated rings. The van der Waals surface area contributed by atoms with Gasteiger partial charge in [0, 0.05) is 5.56 Å². The largest absolute Gasteiger partial charge is 0.504 e. The maximum absolute atomic E-state index is 11.9. The Morgan fingerprint density at radius 3 is 2.65 bits per heavy atom. The summed E-state index contributed by atoms with van der Waals surface area (Å²) in [6.45, 7) is 1.63. The number of methoxy groups -OCH3 is 1. The highest BCUT2D eigenvalue weighted by atomic mass is 16.5. The zero-order chi connectivity index (χ0) is 16.7. The third-order valence-electron chi connectivity index (χ3n) is 3.05. The molecule has 0 aliphatic heterocycles. The molecule has 23 heavy (non-hydrogen) atoms. The van der Waals surface area contributed by atoms with Gasteiger partial charge in [-0.2, -0.15) is 5.10 Å². The Morgan fingerprint density at radius 2 is 1.96 bits per heavy atom. The zero-order valence-electron chi connectivity index (χ0n) is 12.9. The monoisotopic (exact) mass is 314 g/mol. The van der Waals surface area contributed by atoms with Gasteiger partial charge in [0.15, 0.2) is 17.6 Å². The molecule has 0 radical (unpaired) electrons. The lowest BCUT2D eigenvalue weighted by molar-refractivity contribution is -0.127. The van der Waals surface area contributed by atoms with Crippen LogP contribution in [0.2, 0.25) is 0 Å². The first-order valence-corrected chi connectivity index (χ1v) is 7.02. The van der Waals surface area contributed by atoms with Crippen LogP contribution >= 0.6 is 0 Å². The van der Waals surface area contributed by atoms with Gasteiger partial charge >= 0.3 is 0 Å². The number of carbonyl (C=O) groups is 1. The minimum Gasteiger partial charge on any atom is -0.504 e. The van der Waals surface area contributed by atoms with Gasteiger partial charge in [-0.3, -0.25) is 4.79 Å². The van der Waals surface area contributed by atoms with Crippen LogP contribution < -0.4 is 14.9 Å². The van der Waals surface area contributed by atoms with Crippen molar-refractivity contribution in [3.63, 3.8) is 0 Å². The first-order chi connectivity index (χ1) is 11.1. The molecule has 0 unspecified atom stereocenters. The Bertz CT molecular complexity index is 686. The van der Waals surface area contributed by atoms with E-state index >= 15 is 0 Å². The summed E-state index contributed by atoms with van der Waals surface area (Å²) in [6.07, 6.45) is 0.638. The van der Waals surface area contributed by atoms with E-state index in [2.05, 4.69) is 10.5 Å². The molecule has 0 saturated carbocycles. The molecule has 2 aromatic rings. The van der Waals surface area contributed by atoms with E-state index in [4.69, 9.17) is 9.47 Å². The summed E-state index contributed by atoms with van der Waals surface area (Å²) in [5.41, 5.74) is 2.80. The summed E-state index contributed by atoms with van der Waals surface area (Å²) in [5, 5.41) is 13.7. The van der Waals surface area contributed by atoms with Crippen molar-refractivity contribution in [2.45, 2.75) is 13.0 Å². The minimum atomic E-state index is -0.701. The molecule has 0 bridgehead atoms. The van der Waals surface area contributed by atoms with Gasteiger partial charge in [0.05, 0.1) is 13.3 Å². The van der Waals surface area contributed by atoms with Crippen LogP contribution in [0.4, 0.5) is 0 Å². The van der Waals surface area contributed by atoms with Crippen LogP contribution in [0, 0.1) is 0 Å². The van der Waals surface area contributed by atoms with E-state index in [-0.39, 0.29) is 5.75 Å². The number of hydrogen-bond acceptors (Lipinski definition) is 5. The molecule has 6 heteroatoms. The number of phenols is 1. The maximum atomic E-state index is 11.9. The summed E-state index contributed by atoms with van der Waals surface area (Å²) in [5.74, 6) is 0.500. The summed E-state index contributed by atoms with van der Waals surface area (Å²) in [7, 11) is 1.46. The highest BCUT2D eigenvalue weighted by Gasteiger charge is 2.13. The van der Waals surface area contributed by atoms with E-state index in [1.54, 1.807) is 37.3 Å². The quantitative estimate of drug-likeness (QED) is 0.633. The number of phenolic OH excluding ortho intramolecular Hbond substituents is 1. The lowest BCUT2D eigenvalue weighted by Gasteiger charge is -2.12. The second-order valence-electron chi connectivity index (χ2n) is 4.71. The van der Waals surface area contributed by atoms with Crippen LogP contribution in [0.3, 0.4) is 0 Å². The molecule has 0 aliphatic carbocycles. The maximum Gasteiger partial charge on any atom is 0.280 e. The lowest BCUT2D eigenvalue weighted by Crippen LogP contribution is -2.33. The van der Waals surface area contributed by atoms with Gasteiger partial charge in [-0.25, -0.2) is 5.43 Å². The Balaban J connectivity index is 1.93. The van der Waals surface area contributed by atoms with Crippen molar-refractivity contribution in [2.75, 3.05) is 7.11 Å². The Morgan fingerprint density at radius 1 is 1.22 bits per heavy atom. The van der Waals surface area contributed by atoms with E-state index < -0.39 is 12.0 Å². The van der Waals surface area contributed by atoms with E-state index in [1.807, 2.05) is 18.2 Å². The molecule has 0 saturated heterocycles. The molecule has 0 heterocycles. The second kappa shape index (κ2) is 7.84. The SMILES string of the molecule is COc1cccc(C=NNC(=O)[C@H](C)Oc2ccccc2)c1O. The molecule has 0 aliphatic rings. The Labute approximate surface area is 134 Å². The summed E-state index contributed by atoms with van der Waals surface area (Å²) in [6, 6.07) is 14.0. The molecule has 1 amide bonds. The van der Waals surface area contributed by atoms with Gasteiger partial charge in [-0.1, -0.05) is 24.3 Å². The molecule has 2 N–H and O–H groups in total. The number of rotatable bonds is 6. The van der Waals surface area contributed by atoms with E-state index in [1.165, 1.54) is 13.3 Å². The smallest absolute Gasteiger partial charge is 0.280 e. The van der Waals surface area contributed by atoms with Crippen LogP contribution in [0.15, 0.2) is 53.6 Å². The standard InChI is InChI=1S/C17H18N2O4/c1-12(23-14-8-4-3-5-9-14)17(21)19-18-11-13-7-6-10-15(22-2)16(13)20/h3-12,20H,1-2H3,(H,19,21)/t12-/m0/s1. The average Bonchev–Trinajstić information content (AvgIpc) is 2.57. The molecule has 6 nitrogen and oxygen atoms in total. The van der Waals surface area contributed by atoms with Crippen LogP contribution in [-0.2, 0) is 4.79 Å². The number of carbonyl (C=O) groups excluding carboxylic acids is 1. The topological polar surface area (TPSA) is 80.2 Å². The third-order valence-corrected chi connectivity index (χ3v) is 3.05. The minimum absolute atomic E-state index is 0.0402. The summed E-state index contributed by atoms with van der Waals surface area (Å²) < 4.78 is 10.5. The number of aromatic hydroxyl groups is 1. The number of para-hydroxylation sites is 2. The van der Waals surface area contributed by atoms with Crippen molar-refractivity contribution in [3.8, 4) is 17.2 Å². The van der Waals surface area contributed by atoms with Crippen LogP contribution in [0.5, 0.6) is 17.2 Å². The van der Waals surface area contributed by atoms with Gasteiger partial charge in [-0.15, -0.1) is 0 Å². The molecule has 120 valence electrons. The summed E-state index contributed by atoms with van der Waals surface area (Å²) >= 11 is 0. The van der Waals surface area contributed by atoms with Gasteiger partial charge in [-0.05, 0) is 31.2 Å². The number of hydrogen-bond donors (Lipinski definition) is 2. The van der Waals surface area contributed by atoms with Crippen molar-refractivity contribution >= 4 is 12.1 Å². The van der Waals surface area contributed by atoms with Gasteiger partial charge in [0.2, 0.25) is 0 Å². The molecular formula is C17H18N2O4. The normalized spacial score (nSPS) is 11.9. The number of hydrazone groups is 1. The van der Waals surface area contributed by atoms with Crippen molar-refractivity contribution in [2.24, 2.45) is 5.10 Å². The second-order valence-corrected chi connectivity index (χ2v) is 4.71. The Kier molecular flexibility index (Phi) is 5.57. The zero-order valence-corrected chi connectivity index (χ0v) is 12.9. The fourth-order valence-electron chi connectivity index (χ4n) is 1.82. The fourth-order valence-corrected chi connectivity index (χ4v) is 1.82. The predicted molar refractivity (Wildman–Crippen MR) is 86.9 cm³/mol. The first-order valence-electron chi connectivity index (χ1n) is 7.02. The van der Waals surface area contributed by atoms with Crippen molar-refractivity contribution < 1.29 is 19.4 Å². The highest BCUT2D eigenvalue weighted by Crippen LogP contribution is 2.27. The van der Waals surface area contributed by atoms with Gasteiger partial charge < -0.3 is 14.6 Å². The number of benzene rings is 2. The molecule has 1 atom stereocenters. The molecule has 2 aromatic carbocycles. The van der Waals surface area contributed by atoms with Crippen molar-refractivity contribution in [1.29, 1.82) is 0 Å². The van der Waals surface area contributed by atoms with E-state index in [0.717, 1.165) is 0 Å². The first kappa shape index (κ1) is 16.4. The van der Waals surface area contributed by atoms with Gasteiger partial charge in [0.1, 0.15) is 5.75 Å². The fraction of sp³-hybridized carbons (Fsp3) is 0.176. The number of nitrogens with one attached hydrogen (secondary N) is 1. The highest BCUT2D eigenvalue weighted by molar-refractivity contribution is 5.87. The summed E-state index contributed by atoms with van der Waals surface area (Å²) in [4.78, 5) is 11.9. The predicted octanol–water partition coefficient (Wildman–Crippen LogP) is 2.32. The molecule has 0 spiro atoms. The van der Waals surface area contributed by atoms with E-state index in [0.29, 0.717) is 17.1 Å². The third kappa shape index (κ3) is 4.47. The molecule has 0 aromatic heterocycles. The van der Waals surface area contributed by atoms with Crippen molar-refractivity contribution in [3.05, 3.63) is 54.1 Å². The van der Waals surface area contributed by atoms with Crippen molar-refractivity contribution in [1.82, 2.24) is 5.43 Å². The van der Waals surface area contributed by atoms with Crippen LogP contribution in [0.25, 0.3) is 0 Å².